The van der Waals surface area contributed by atoms with Gasteiger partial charge in [0.15, 0.2) is 6.10 Å². The van der Waals surface area contributed by atoms with Crippen LogP contribution in [0.5, 0.6) is 0 Å². The largest absolute Gasteiger partial charge is 0.448 e. The smallest absolute Gasteiger partial charge is 0.349 e. The van der Waals surface area contributed by atoms with Crippen molar-refractivity contribution in [2.24, 2.45) is 5.92 Å². The molecular formula is C17H22N2O3S. The highest BCUT2D eigenvalue weighted by molar-refractivity contribution is 7.14. The zero-order valence-corrected chi connectivity index (χ0v) is 14.6. The van der Waals surface area contributed by atoms with E-state index in [-0.39, 0.29) is 12.3 Å². The second-order valence-corrected chi connectivity index (χ2v) is 7.26. The molecule has 2 atom stereocenters. The average molecular weight is 334 g/mol. The third-order valence-electron chi connectivity index (χ3n) is 4.10. The molecule has 0 saturated heterocycles. The number of rotatable bonds is 5. The SMILES string of the molecule is C[C@H]1CCc2sc(C(=O)O[C@@H](C)C(=O)N(C)CCC#N)cc2C1. The first kappa shape index (κ1) is 17.5. The number of likely N-dealkylation sites (N-methyl/N-ethyl adjacent to an activating group) is 1. The fourth-order valence-electron chi connectivity index (χ4n) is 2.71. The van der Waals surface area contributed by atoms with Crippen LogP contribution >= 0.6 is 11.3 Å². The van der Waals surface area contributed by atoms with Crippen LogP contribution in [-0.2, 0) is 22.4 Å². The Balaban J connectivity index is 1.96. The van der Waals surface area contributed by atoms with Crippen LogP contribution < -0.4 is 0 Å². The lowest BCUT2D eigenvalue weighted by Crippen LogP contribution is -2.37. The van der Waals surface area contributed by atoms with E-state index >= 15 is 0 Å². The van der Waals surface area contributed by atoms with Crippen LogP contribution in [0.4, 0.5) is 0 Å². The van der Waals surface area contributed by atoms with E-state index in [1.165, 1.54) is 26.7 Å². The fourth-order valence-corrected chi connectivity index (χ4v) is 3.81. The van der Waals surface area contributed by atoms with Gasteiger partial charge in [-0.05, 0) is 43.7 Å². The summed E-state index contributed by atoms with van der Waals surface area (Å²) in [6.07, 6.45) is 2.59. The maximum Gasteiger partial charge on any atom is 0.349 e. The summed E-state index contributed by atoms with van der Waals surface area (Å²) in [7, 11) is 1.61. The predicted molar refractivity (Wildman–Crippen MR) is 88.3 cm³/mol. The van der Waals surface area contributed by atoms with E-state index in [1.54, 1.807) is 14.0 Å². The van der Waals surface area contributed by atoms with Gasteiger partial charge in [0, 0.05) is 18.5 Å². The Morgan fingerprint density at radius 3 is 3.00 bits per heavy atom. The first-order valence-corrected chi connectivity index (χ1v) is 8.68. The monoisotopic (exact) mass is 334 g/mol. The molecule has 2 rings (SSSR count). The standard InChI is InChI=1S/C17H22N2O3S/c1-11-5-6-14-13(9-11)10-15(23-14)17(21)22-12(2)16(20)19(3)8-4-7-18/h10-12H,4-6,8-9H2,1-3H3/t11-,12-/m0/s1. The number of nitriles is 1. The number of carbonyl (C=O) groups excluding carboxylic acids is 2. The molecule has 1 aliphatic carbocycles. The first-order chi connectivity index (χ1) is 10.9. The molecule has 1 amide bonds. The summed E-state index contributed by atoms with van der Waals surface area (Å²) in [5.74, 6) is -0.0783. The van der Waals surface area contributed by atoms with Gasteiger partial charge in [0.2, 0.25) is 0 Å². The summed E-state index contributed by atoms with van der Waals surface area (Å²) in [6, 6.07) is 3.90. The molecule has 23 heavy (non-hydrogen) atoms. The molecule has 1 aromatic rings. The lowest BCUT2D eigenvalue weighted by Gasteiger charge is -2.20. The molecule has 0 bridgehead atoms. The molecule has 0 fully saturated rings. The number of thiophene rings is 1. The maximum atomic E-state index is 12.3. The van der Waals surface area contributed by atoms with Gasteiger partial charge in [-0.25, -0.2) is 4.79 Å². The van der Waals surface area contributed by atoms with Gasteiger partial charge in [-0.2, -0.15) is 5.26 Å². The zero-order valence-electron chi connectivity index (χ0n) is 13.8. The van der Waals surface area contributed by atoms with Crippen LogP contribution in [0.2, 0.25) is 0 Å². The Morgan fingerprint density at radius 1 is 1.57 bits per heavy atom. The fraction of sp³-hybridized carbons (Fsp3) is 0.588. The Morgan fingerprint density at radius 2 is 2.30 bits per heavy atom. The van der Waals surface area contributed by atoms with E-state index in [2.05, 4.69) is 6.92 Å². The van der Waals surface area contributed by atoms with Crippen molar-refractivity contribution in [3.63, 3.8) is 0 Å². The summed E-state index contributed by atoms with van der Waals surface area (Å²) in [5, 5.41) is 8.56. The summed E-state index contributed by atoms with van der Waals surface area (Å²) in [4.78, 5) is 27.6. The van der Waals surface area contributed by atoms with Crippen LogP contribution in [0.1, 0.15) is 46.8 Å². The second kappa shape index (κ2) is 7.60. The molecule has 1 heterocycles. The van der Waals surface area contributed by atoms with Crippen LogP contribution in [0.3, 0.4) is 0 Å². The van der Waals surface area contributed by atoms with E-state index < -0.39 is 12.1 Å². The molecule has 0 radical (unpaired) electrons. The highest BCUT2D eigenvalue weighted by atomic mass is 32.1. The number of esters is 1. The number of hydrogen-bond acceptors (Lipinski definition) is 5. The van der Waals surface area contributed by atoms with Crippen molar-refractivity contribution in [1.29, 1.82) is 5.26 Å². The van der Waals surface area contributed by atoms with Gasteiger partial charge >= 0.3 is 5.97 Å². The van der Waals surface area contributed by atoms with Crippen molar-refractivity contribution in [2.45, 2.75) is 45.6 Å². The normalized spacial score (nSPS) is 17.7. The third kappa shape index (κ3) is 4.32. The van der Waals surface area contributed by atoms with Crippen molar-refractivity contribution in [1.82, 2.24) is 4.90 Å². The molecule has 5 nitrogen and oxygen atoms in total. The van der Waals surface area contributed by atoms with Crippen molar-refractivity contribution in [3.8, 4) is 6.07 Å². The molecule has 1 aliphatic rings. The number of hydrogen-bond donors (Lipinski definition) is 0. The lowest BCUT2D eigenvalue weighted by molar-refractivity contribution is -0.138. The van der Waals surface area contributed by atoms with E-state index in [1.807, 2.05) is 12.1 Å². The van der Waals surface area contributed by atoms with Crippen LogP contribution in [0.15, 0.2) is 6.07 Å². The number of ether oxygens (including phenoxy) is 1. The zero-order chi connectivity index (χ0) is 17.0. The van der Waals surface area contributed by atoms with Crippen LogP contribution in [-0.4, -0.2) is 36.5 Å². The topological polar surface area (TPSA) is 70.4 Å². The van der Waals surface area contributed by atoms with Gasteiger partial charge in [-0.15, -0.1) is 11.3 Å². The quantitative estimate of drug-likeness (QED) is 0.776. The lowest BCUT2D eigenvalue weighted by atomic mass is 9.90. The van der Waals surface area contributed by atoms with E-state index in [0.29, 0.717) is 17.3 Å². The molecule has 0 spiro atoms. The summed E-state index contributed by atoms with van der Waals surface area (Å²) < 4.78 is 5.30. The number of aryl methyl sites for hydroxylation is 1. The molecule has 1 aromatic heterocycles. The third-order valence-corrected chi connectivity index (χ3v) is 5.31. The molecule has 6 heteroatoms. The minimum Gasteiger partial charge on any atom is -0.448 e. The molecule has 0 saturated carbocycles. The van der Waals surface area contributed by atoms with E-state index in [4.69, 9.17) is 10.00 Å². The van der Waals surface area contributed by atoms with Gasteiger partial charge < -0.3 is 9.64 Å². The second-order valence-electron chi connectivity index (χ2n) is 6.12. The number of carbonyl (C=O) groups is 2. The highest BCUT2D eigenvalue weighted by Crippen LogP contribution is 2.32. The molecule has 0 unspecified atom stereocenters. The maximum absolute atomic E-state index is 12.3. The molecule has 0 aliphatic heterocycles. The molecule has 124 valence electrons. The Kier molecular flexibility index (Phi) is 5.78. The molecule has 0 N–H and O–H groups in total. The Bertz CT molecular complexity index is 632. The van der Waals surface area contributed by atoms with Crippen molar-refractivity contribution in [3.05, 3.63) is 21.4 Å². The van der Waals surface area contributed by atoms with Crippen molar-refractivity contribution < 1.29 is 14.3 Å². The molecular weight excluding hydrogens is 312 g/mol. The van der Waals surface area contributed by atoms with Gasteiger partial charge in [0.25, 0.3) is 5.91 Å². The summed E-state index contributed by atoms with van der Waals surface area (Å²) in [5.41, 5.74) is 1.24. The van der Waals surface area contributed by atoms with Crippen LogP contribution in [0, 0.1) is 17.2 Å². The highest BCUT2D eigenvalue weighted by Gasteiger charge is 2.25. The Labute approximate surface area is 140 Å². The number of nitrogens with zero attached hydrogens (tertiary/aromatic N) is 2. The number of amides is 1. The van der Waals surface area contributed by atoms with Gasteiger partial charge in [-0.1, -0.05) is 6.92 Å². The summed E-state index contributed by atoms with van der Waals surface area (Å²) in [6.45, 7) is 4.12. The number of fused-ring (bicyclic) bond motifs is 1. The van der Waals surface area contributed by atoms with Crippen molar-refractivity contribution in [2.75, 3.05) is 13.6 Å². The van der Waals surface area contributed by atoms with Gasteiger partial charge in [0.1, 0.15) is 4.88 Å². The van der Waals surface area contributed by atoms with Crippen LogP contribution in [0.25, 0.3) is 0 Å². The Hall–Kier alpha value is -1.87. The first-order valence-electron chi connectivity index (χ1n) is 7.86. The summed E-state index contributed by atoms with van der Waals surface area (Å²) >= 11 is 1.48. The van der Waals surface area contributed by atoms with E-state index in [9.17, 15) is 9.59 Å². The van der Waals surface area contributed by atoms with E-state index in [0.717, 1.165) is 19.3 Å². The molecule has 0 aromatic carbocycles. The van der Waals surface area contributed by atoms with Gasteiger partial charge in [-0.3, -0.25) is 4.79 Å². The van der Waals surface area contributed by atoms with Crippen molar-refractivity contribution >= 4 is 23.2 Å². The predicted octanol–water partition coefficient (Wildman–Crippen LogP) is 2.79. The average Bonchev–Trinajstić information content (AvgIpc) is 2.94. The minimum atomic E-state index is -0.843. The van der Waals surface area contributed by atoms with Gasteiger partial charge in [0.05, 0.1) is 12.5 Å². The minimum absolute atomic E-state index is 0.263.